The van der Waals surface area contributed by atoms with Crippen LogP contribution in [0.2, 0.25) is 0 Å². The number of nitrogen functional groups attached to an aromatic ring is 1. The van der Waals surface area contributed by atoms with E-state index in [9.17, 15) is 4.79 Å². The molecule has 2 atom stereocenters. The number of aromatic nitrogens is 1. The van der Waals surface area contributed by atoms with Crippen molar-refractivity contribution in [3.05, 3.63) is 17.8 Å². The number of carbonyl (C=O) groups is 1. The molecular formula is C13H20N4O. The van der Waals surface area contributed by atoms with Gasteiger partial charge in [-0.05, 0) is 31.7 Å². The molecule has 98 valence electrons. The summed E-state index contributed by atoms with van der Waals surface area (Å²) in [5.74, 6) is 0.768. The molecule has 1 saturated heterocycles. The summed E-state index contributed by atoms with van der Waals surface area (Å²) in [5.41, 5.74) is 12.0. The van der Waals surface area contributed by atoms with Gasteiger partial charge in [0.15, 0.2) is 0 Å². The number of nitrogens with zero attached hydrogens (tertiary/aromatic N) is 2. The second-order valence-corrected chi connectivity index (χ2v) is 5.06. The molecule has 0 aliphatic carbocycles. The second kappa shape index (κ2) is 4.84. The zero-order valence-corrected chi connectivity index (χ0v) is 10.9. The Balaban J connectivity index is 2.40. The Morgan fingerprint density at radius 1 is 1.50 bits per heavy atom. The first kappa shape index (κ1) is 12.7. The number of hydrogen-bond donors (Lipinski definition) is 2. The highest BCUT2D eigenvalue weighted by molar-refractivity contribution is 5.98. The van der Waals surface area contributed by atoms with Gasteiger partial charge in [0.2, 0.25) is 0 Å². The van der Waals surface area contributed by atoms with E-state index in [2.05, 4.69) is 23.7 Å². The molecule has 0 radical (unpaired) electrons. The van der Waals surface area contributed by atoms with E-state index >= 15 is 0 Å². The van der Waals surface area contributed by atoms with Crippen molar-refractivity contribution in [3.63, 3.8) is 0 Å². The Morgan fingerprint density at radius 2 is 2.22 bits per heavy atom. The largest absolute Gasteiger partial charge is 0.397 e. The Bertz CT molecular complexity index is 460. The van der Waals surface area contributed by atoms with Crippen LogP contribution in [0.5, 0.6) is 0 Å². The van der Waals surface area contributed by atoms with Crippen molar-refractivity contribution >= 4 is 17.4 Å². The Hall–Kier alpha value is -1.78. The third-order valence-electron chi connectivity index (χ3n) is 3.80. The van der Waals surface area contributed by atoms with E-state index < -0.39 is 5.91 Å². The maximum Gasteiger partial charge on any atom is 0.252 e. The molecular weight excluding hydrogens is 228 g/mol. The fourth-order valence-electron chi connectivity index (χ4n) is 2.52. The van der Waals surface area contributed by atoms with Gasteiger partial charge in [-0.25, -0.2) is 4.98 Å². The van der Waals surface area contributed by atoms with Crippen LogP contribution in [-0.4, -0.2) is 23.5 Å². The molecule has 0 bridgehead atoms. The molecule has 2 rings (SSSR count). The van der Waals surface area contributed by atoms with Crippen LogP contribution in [0.4, 0.5) is 11.5 Å². The number of amides is 1. The van der Waals surface area contributed by atoms with E-state index in [1.54, 1.807) is 12.3 Å². The zero-order valence-electron chi connectivity index (χ0n) is 10.9. The van der Waals surface area contributed by atoms with E-state index in [0.717, 1.165) is 13.0 Å². The summed E-state index contributed by atoms with van der Waals surface area (Å²) in [6, 6.07) is 1.96. The summed E-state index contributed by atoms with van der Waals surface area (Å²) < 4.78 is 0. The second-order valence-electron chi connectivity index (χ2n) is 5.06. The number of anilines is 2. The molecule has 1 fully saturated rings. The minimum atomic E-state index is -0.477. The van der Waals surface area contributed by atoms with Crippen molar-refractivity contribution in [2.75, 3.05) is 17.2 Å². The lowest BCUT2D eigenvalue weighted by Crippen LogP contribution is -2.43. The number of rotatable bonds is 2. The lowest BCUT2D eigenvalue weighted by Gasteiger charge is -2.39. The van der Waals surface area contributed by atoms with Crippen LogP contribution >= 0.6 is 0 Å². The van der Waals surface area contributed by atoms with Gasteiger partial charge in [-0.1, -0.05) is 6.92 Å². The molecule has 1 aliphatic rings. The van der Waals surface area contributed by atoms with E-state index in [1.165, 1.54) is 6.42 Å². The van der Waals surface area contributed by atoms with Crippen LogP contribution in [0.1, 0.15) is 37.0 Å². The first-order valence-electron chi connectivity index (χ1n) is 6.32. The summed E-state index contributed by atoms with van der Waals surface area (Å²) in [6.45, 7) is 5.29. The minimum Gasteiger partial charge on any atom is -0.397 e. The van der Waals surface area contributed by atoms with Gasteiger partial charge in [0, 0.05) is 12.6 Å². The highest BCUT2D eigenvalue weighted by atomic mass is 16.1. The predicted octanol–water partition coefficient (Wildman–Crippen LogP) is 1.39. The molecule has 4 N–H and O–H groups in total. The number of primary amides is 1. The maximum atomic E-state index is 11.5. The average molecular weight is 248 g/mol. The lowest BCUT2D eigenvalue weighted by molar-refractivity contribution is 0.1000. The summed E-state index contributed by atoms with van der Waals surface area (Å²) in [5, 5.41) is 0. The molecule has 1 amide bonds. The Labute approximate surface area is 107 Å². The van der Waals surface area contributed by atoms with Gasteiger partial charge in [0.05, 0.1) is 17.4 Å². The van der Waals surface area contributed by atoms with Crippen LogP contribution in [0.3, 0.4) is 0 Å². The average Bonchev–Trinajstić information content (AvgIpc) is 2.33. The van der Waals surface area contributed by atoms with Crippen LogP contribution in [0.25, 0.3) is 0 Å². The van der Waals surface area contributed by atoms with Gasteiger partial charge >= 0.3 is 0 Å². The quantitative estimate of drug-likeness (QED) is 0.828. The molecule has 18 heavy (non-hydrogen) atoms. The van der Waals surface area contributed by atoms with Crippen molar-refractivity contribution in [2.45, 2.75) is 32.7 Å². The molecule has 5 heteroatoms. The monoisotopic (exact) mass is 248 g/mol. The van der Waals surface area contributed by atoms with Gasteiger partial charge < -0.3 is 16.4 Å². The molecule has 0 aromatic carbocycles. The van der Waals surface area contributed by atoms with Gasteiger partial charge in [0.1, 0.15) is 5.82 Å². The normalized spacial score (nSPS) is 24.0. The molecule has 2 unspecified atom stereocenters. The first-order chi connectivity index (χ1) is 8.50. The Kier molecular flexibility index (Phi) is 3.41. The molecule has 1 aromatic heterocycles. The predicted molar refractivity (Wildman–Crippen MR) is 72.4 cm³/mol. The van der Waals surface area contributed by atoms with Gasteiger partial charge in [0.25, 0.3) is 5.91 Å². The SMILES string of the molecule is CC1CCCN(c2ncc(N)cc2C(N)=O)C1C. The number of hydrogen-bond acceptors (Lipinski definition) is 4. The van der Waals surface area contributed by atoms with Crippen molar-refractivity contribution in [1.29, 1.82) is 0 Å². The van der Waals surface area contributed by atoms with Gasteiger partial charge in [-0.2, -0.15) is 0 Å². The fraction of sp³-hybridized carbons (Fsp3) is 0.538. The van der Waals surface area contributed by atoms with Gasteiger partial charge in [-0.15, -0.1) is 0 Å². The minimum absolute atomic E-state index is 0.355. The van der Waals surface area contributed by atoms with Crippen LogP contribution in [0, 0.1) is 5.92 Å². The molecule has 0 spiro atoms. The Morgan fingerprint density at radius 3 is 2.89 bits per heavy atom. The number of pyridine rings is 1. The number of nitrogens with two attached hydrogens (primary N) is 2. The zero-order chi connectivity index (χ0) is 13.3. The maximum absolute atomic E-state index is 11.5. The third-order valence-corrected chi connectivity index (χ3v) is 3.80. The lowest BCUT2D eigenvalue weighted by atomic mass is 9.91. The molecule has 5 nitrogen and oxygen atoms in total. The van der Waals surface area contributed by atoms with Crippen molar-refractivity contribution in [2.24, 2.45) is 11.7 Å². The molecule has 0 saturated carbocycles. The topological polar surface area (TPSA) is 85.2 Å². The molecule has 1 aromatic rings. The number of carbonyl (C=O) groups excluding carboxylic acids is 1. The van der Waals surface area contributed by atoms with Crippen LogP contribution in [0.15, 0.2) is 12.3 Å². The van der Waals surface area contributed by atoms with E-state index in [0.29, 0.717) is 29.0 Å². The van der Waals surface area contributed by atoms with Gasteiger partial charge in [-0.3, -0.25) is 4.79 Å². The summed E-state index contributed by atoms with van der Waals surface area (Å²) in [7, 11) is 0. The highest BCUT2D eigenvalue weighted by Crippen LogP contribution is 2.29. The molecule has 2 heterocycles. The van der Waals surface area contributed by atoms with Crippen molar-refractivity contribution in [1.82, 2.24) is 4.98 Å². The van der Waals surface area contributed by atoms with E-state index in [-0.39, 0.29) is 0 Å². The van der Waals surface area contributed by atoms with Crippen molar-refractivity contribution < 1.29 is 4.79 Å². The number of piperidine rings is 1. The van der Waals surface area contributed by atoms with E-state index in [1.807, 2.05) is 0 Å². The highest BCUT2D eigenvalue weighted by Gasteiger charge is 2.28. The summed E-state index contributed by atoms with van der Waals surface area (Å²) >= 11 is 0. The smallest absolute Gasteiger partial charge is 0.252 e. The third kappa shape index (κ3) is 2.25. The summed E-state index contributed by atoms with van der Waals surface area (Å²) in [4.78, 5) is 18.0. The summed E-state index contributed by atoms with van der Waals surface area (Å²) in [6.07, 6.45) is 3.89. The molecule has 1 aliphatic heterocycles. The standard InChI is InChI=1S/C13H20N4O/c1-8-4-3-5-17(9(8)2)13-11(12(15)18)6-10(14)7-16-13/h6-9H,3-5,14H2,1-2H3,(H2,15,18). The van der Waals surface area contributed by atoms with E-state index in [4.69, 9.17) is 11.5 Å². The fourth-order valence-corrected chi connectivity index (χ4v) is 2.52. The van der Waals surface area contributed by atoms with Crippen molar-refractivity contribution in [3.8, 4) is 0 Å². The van der Waals surface area contributed by atoms with Crippen LogP contribution < -0.4 is 16.4 Å². The van der Waals surface area contributed by atoms with Crippen LogP contribution in [-0.2, 0) is 0 Å². The first-order valence-corrected chi connectivity index (χ1v) is 6.32.